The maximum absolute atomic E-state index is 10.3. The number of rotatable bonds is 1. The lowest BCUT2D eigenvalue weighted by atomic mass is 9.51. The molecule has 108 valence electrons. The molecule has 0 saturated heterocycles. The van der Waals surface area contributed by atoms with E-state index >= 15 is 0 Å². The first kappa shape index (κ1) is 15.3. The third kappa shape index (κ3) is 3.53. The molecule has 4 bridgehead atoms. The van der Waals surface area contributed by atoms with Crippen molar-refractivity contribution in [1.29, 1.82) is 0 Å². The summed E-state index contributed by atoms with van der Waals surface area (Å²) >= 11 is 0. The molecule has 0 heterocycles. The second-order valence-electron chi connectivity index (χ2n) is 6.37. The quantitative estimate of drug-likeness (QED) is 0.341. The zero-order chi connectivity index (χ0) is 15.3. The van der Waals surface area contributed by atoms with E-state index in [2.05, 4.69) is 39.6 Å². The highest BCUT2D eigenvalue weighted by atomic mass is 16.3. The van der Waals surface area contributed by atoms with Gasteiger partial charge in [0.15, 0.2) is 0 Å². The van der Waals surface area contributed by atoms with Crippen molar-refractivity contribution in [3.05, 3.63) is 10.4 Å². The molecular weight excluding hydrogens is 262 g/mol. The molecule has 4 rings (SSSR count). The monoisotopic (exact) mass is 281 g/mol. The van der Waals surface area contributed by atoms with Crippen LogP contribution < -0.4 is 0 Å². The van der Waals surface area contributed by atoms with Crippen LogP contribution in [0.25, 0.3) is 10.4 Å². The second kappa shape index (κ2) is 6.15. The molecule has 4 nitrogen and oxygen atoms in total. The Hall–Kier alpha value is -2.05. The summed E-state index contributed by atoms with van der Waals surface area (Å²) in [6.45, 7) is 1.71. The molecule has 0 aromatic heterocycles. The topological polar surface area (TPSA) is 69.0 Å². The van der Waals surface area contributed by atoms with E-state index in [4.69, 9.17) is 12.0 Å². The molecule has 0 radical (unpaired) electrons. The van der Waals surface area contributed by atoms with Crippen LogP contribution in [0.1, 0.15) is 45.4 Å². The second-order valence-corrected chi connectivity index (χ2v) is 6.37. The van der Waals surface area contributed by atoms with E-state index in [0.29, 0.717) is 18.3 Å². The predicted molar refractivity (Wildman–Crippen MR) is 81.6 cm³/mol. The molecule has 4 aliphatic rings. The number of nitrogens with zero attached hydrogens (tertiary/aromatic N) is 3. The summed E-state index contributed by atoms with van der Waals surface area (Å²) in [5.41, 5.74) is 7.86. The number of hydrogen-bond acceptors (Lipinski definition) is 2. The van der Waals surface area contributed by atoms with Crippen molar-refractivity contribution < 1.29 is 5.11 Å². The lowest BCUT2D eigenvalue weighted by molar-refractivity contribution is -0.132. The summed E-state index contributed by atoms with van der Waals surface area (Å²) in [7, 11) is 0. The highest BCUT2D eigenvalue weighted by molar-refractivity contribution is 5.33. The van der Waals surface area contributed by atoms with Crippen molar-refractivity contribution in [2.24, 2.45) is 17.0 Å². The van der Waals surface area contributed by atoms with Crippen LogP contribution in [0, 0.1) is 47.9 Å². The van der Waals surface area contributed by atoms with Crippen molar-refractivity contribution in [2.45, 2.75) is 56.6 Å². The molecule has 4 heteroatoms. The average Bonchev–Trinajstić information content (AvgIpc) is 2.37. The summed E-state index contributed by atoms with van der Waals surface area (Å²) in [6, 6.07) is 0. The summed E-state index contributed by atoms with van der Waals surface area (Å²) in [5, 5.41) is 14.3. The highest BCUT2D eigenvalue weighted by Crippen LogP contribution is 2.58. The van der Waals surface area contributed by atoms with Gasteiger partial charge in [-0.15, -0.1) is 6.42 Å². The number of terminal acetylenes is 1. The van der Waals surface area contributed by atoms with Crippen LogP contribution in [-0.4, -0.2) is 16.2 Å². The molecule has 4 aliphatic carbocycles. The zero-order valence-electron chi connectivity index (χ0n) is 12.3. The van der Waals surface area contributed by atoms with E-state index in [0.717, 1.165) is 25.7 Å². The Morgan fingerprint density at radius 2 is 1.86 bits per heavy atom. The van der Waals surface area contributed by atoms with Gasteiger partial charge in [0.25, 0.3) is 0 Å². The minimum atomic E-state index is -0.502. The Morgan fingerprint density at radius 3 is 2.33 bits per heavy atom. The summed E-state index contributed by atoms with van der Waals surface area (Å²) in [6.07, 6.45) is 10.6. The van der Waals surface area contributed by atoms with Crippen LogP contribution in [0.4, 0.5) is 0 Å². The Bertz CT molecular complexity index is 602. The maximum atomic E-state index is 10.3. The number of azide groups is 1. The van der Waals surface area contributed by atoms with Crippen LogP contribution in [-0.2, 0) is 0 Å². The smallest absolute Gasteiger partial charge is 0.0659 e. The largest absolute Gasteiger partial charge is 0.390 e. The van der Waals surface area contributed by atoms with Crippen molar-refractivity contribution >= 4 is 0 Å². The fraction of sp³-hybridized carbons (Fsp3) is 0.647. The standard InChI is InChI=1S/C10H15N3O.C7H4/c11-13-12-9-2-7-1-8(3-9)5-10(14,4-7)6-9;1-3-5-7-6-4-2/h7-8,14H,1-6H2;1H,2H3. The van der Waals surface area contributed by atoms with E-state index in [1.54, 1.807) is 6.92 Å². The van der Waals surface area contributed by atoms with E-state index in [-0.39, 0.29) is 5.54 Å². The van der Waals surface area contributed by atoms with Gasteiger partial charge in [0.1, 0.15) is 0 Å². The van der Waals surface area contributed by atoms with E-state index in [1.165, 1.54) is 6.42 Å². The minimum absolute atomic E-state index is 0.229. The van der Waals surface area contributed by atoms with Crippen LogP contribution in [0.5, 0.6) is 0 Å². The molecule has 4 fully saturated rings. The lowest BCUT2D eigenvalue weighted by Crippen LogP contribution is -2.57. The summed E-state index contributed by atoms with van der Waals surface area (Å²) in [4.78, 5) is 2.97. The van der Waals surface area contributed by atoms with Crippen LogP contribution >= 0.6 is 0 Å². The van der Waals surface area contributed by atoms with E-state index in [9.17, 15) is 5.11 Å². The molecule has 0 aromatic carbocycles. The molecule has 21 heavy (non-hydrogen) atoms. The highest BCUT2D eigenvalue weighted by Gasteiger charge is 2.56. The van der Waals surface area contributed by atoms with Gasteiger partial charge < -0.3 is 5.11 Å². The zero-order valence-corrected chi connectivity index (χ0v) is 12.3. The van der Waals surface area contributed by atoms with Gasteiger partial charge in [-0.1, -0.05) is 11.0 Å². The first-order valence-electron chi connectivity index (χ1n) is 7.21. The van der Waals surface area contributed by atoms with Crippen molar-refractivity contribution in [1.82, 2.24) is 0 Å². The molecule has 2 atom stereocenters. The Morgan fingerprint density at radius 1 is 1.19 bits per heavy atom. The van der Waals surface area contributed by atoms with Crippen molar-refractivity contribution in [2.75, 3.05) is 0 Å². The summed E-state index contributed by atoms with van der Waals surface area (Å²) in [5.74, 6) is 13.2. The Kier molecular flexibility index (Phi) is 4.50. The minimum Gasteiger partial charge on any atom is -0.390 e. The molecule has 2 unspecified atom stereocenters. The van der Waals surface area contributed by atoms with Crippen molar-refractivity contribution in [3.8, 4) is 36.0 Å². The molecule has 0 aromatic rings. The van der Waals surface area contributed by atoms with Crippen molar-refractivity contribution in [3.63, 3.8) is 0 Å². The number of aliphatic hydroxyl groups is 1. The maximum Gasteiger partial charge on any atom is 0.0659 e. The fourth-order valence-electron chi connectivity index (χ4n) is 4.51. The SMILES string of the molecule is C#CC#CC#CC.[N-]=[N+]=NC12CC3CC(CC(O)(C3)C1)C2. The third-order valence-corrected chi connectivity index (χ3v) is 4.58. The molecule has 1 N–H and O–H groups in total. The molecule has 0 spiro atoms. The summed E-state index contributed by atoms with van der Waals surface area (Å²) < 4.78 is 0. The van der Waals surface area contributed by atoms with Gasteiger partial charge >= 0.3 is 0 Å². The Labute approximate surface area is 125 Å². The van der Waals surface area contributed by atoms with Crippen LogP contribution in [0.3, 0.4) is 0 Å². The van der Waals surface area contributed by atoms with E-state index in [1.807, 2.05) is 0 Å². The van der Waals surface area contributed by atoms with Gasteiger partial charge in [0, 0.05) is 4.91 Å². The molecule has 0 aliphatic heterocycles. The van der Waals surface area contributed by atoms with Crippen LogP contribution in [0.15, 0.2) is 5.11 Å². The van der Waals surface area contributed by atoms with Gasteiger partial charge in [-0.3, -0.25) is 0 Å². The fourth-order valence-corrected chi connectivity index (χ4v) is 4.51. The molecule has 4 saturated carbocycles. The molecule has 0 amide bonds. The van der Waals surface area contributed by atoms with Gasteiger partial charge in [0.05, 0.1) is 11.1 Å². The van der Waals surface area contributed by atoms with Gasteiger partial charge in [-0.25, -0.2) is 0 Å². The predicted octanol–water partition coefficient (Wildman–Crippen LogP) is 3.03. The Balaban J connectivity index is 0.000000199. The normalized spacial score (nSPS) is 37.4. The molecular formula is C17H19N3O. The average molecular weight is 281 g/mol. The first-order valence-corrected chi connectivity index (χ1v) is 7.21. The van der Waals surface area contributed by atoms with Gasteiger partial charge in [0.2, 0.25) is 0 Å². The number of hydrogen-bond donors (Lipinski definition) is 1. The van der Waals surface area contributed by atoms with Crippen LogP contribution in [0.2, 0.25) is 0 Å². The third-order valence-electron chi connectivity index (χ3n) is 4.58. The first-order chi connectivity index (χ1) is 10.0. The van der Waals surface area contributed by atoms with Gasteiger partial charge in [-0.2, -0.15) is 0 Å². The van der Waals surface area contributed by atoms with E-state index < -0.39 is 5.60 Å². The van der Waals surface area contributed by atoms with Gasteiger partial charge in [-0.05, 0) is 86.5 Å². The lowest BCUT2D eigenvalue weighted by Gasteiger charge is -2.58.